The number of ether oxygens (including phenoxy) is 1. The van der Waals surface area contributed by atoms with E-state index in [0.29, 0.717) is 5.92 Å². The van der Waals surface area contributed by atoms with Crippen LogP contribution in [0.4, 0.5) is 0 Å². The molecule has 0 N–H and O–H groups in total. The van der Waals surface area contributed by atoms with Gasteiger partial charge in [0, 0.05) is 5.56 Å². The van der Waals surface area contributed by atoms with E-state index in [9.17, 15) is 0 Å². The minimum absolute atomic E-state index is 0. The van der Waals surface area contributed by atoms with Gasteiger partial charge in [0.15, 0.2) is 0 Å². The van der Waals surface area contributed by atoms with Crippen molar-refractivity contribution in [1.82, 2.24) is 0 Å². The van der Waals surface area contributed by atoms with Crippen LogP contribution in [0, 0.1) is 0 Å². The Kier molecular flexibility index (Phi) is 12.3. The predicted molar refractivity (Wildman–Crippen MR) is 162 cm³/mol. The summed E-state index contributed by atoms with van der Waals surface area (Å²) in [5.74, 6) is 1.51. The van der Waals surface area contributed by atoms with Gasteiger partial charge >= 0.3 is 0 Å². The fourth-order valence-corrected chi connectivity index (χ4v) is 8.62. The Hall–Kier alpha value is -2.67. The highest BCUT2D eigenvalue weighted by Gasteiger charge is 2.43. The number of hydrogen-bond acceptors (Lipinski definition) is 1. The van der Waals surface area contributed by atoms with Crippen LogP contribution in [0.25, 0.3) is 5.57 Å². The van der Waals surface area contributed by atoms with Gasteiger partial charge in [0.25, 0.3) is 0 Å². The van der Waals surface area contributed by atoms with Gasteiger partial charge in [-0.15, -0.1) is 0 Å². The summed E-state index contributed by atoms with van der Waals surface area (Å²) in [7, 11) is 0.194. The molecule has 1 nitrogen and oxygen atoms in total. The smallest absolute Gasteiger partial charge is 0.126 e. The third-order valence-corrected chi connectivity index (χ3v) is 11.3. The maximum absolute atomic E-state index is 5.42. The Labute approximate surface area is 235 Å². The molecular weight excluding hydrogens is 535 g/mol. The number of benzene rings is 4. The van der Waals surface area contributed by atoms with E-state index in [1.807, 2.05) is 6.92 Å². The van der Waals surface area contributed by atoms with Crippen LogP contribution in [0.1, 0.15) is 51.7 Å². The molecule has 0 saturated heterocycles. The summed E-state index contributed by atoms with van der Waals surface area (Å²) in [6, 6.07) is 39.4. The summed E-state index contributed by atoms with van der Waals surface area (Å²) in [5.41, 5.74) is 3.76. The molecule has 4 aromatic carbocycles. The van der Waals surface area contributed by atoms with E-state index in [1.165, 1.54) is 32.6 Å². The van der Waals surface area contributed by atoms with Crippen LogP contribution in [0.15, 0.2) is 115 Å². The first-order valence-corrected chi connectivity index (χ1v) is 14.8. The molecule has 0 aliphatic heterocycles. The molecule has 194 valence electrons. The number of allylic oxidation sites excluding steroid dienone is 2. The standard InChI is InChI=1S/C20H20P.C14H20O.BrH/c1-2-21(18-12-6-3-7-13-18,19-14-8-4-9-15-19)20-16-10-5-11-17-20;1-6-11(4)13-8-7-12(10(2)3)9-14(13)15-5;/h3-17H,2H2,1H3;6-10H,1-5H3;1H/q+1;;/p-1. The molecule has 4 aromatic rings. The van der Waals surface area contributed by atoms with Crippen LogP contribution >= 0.6 is 7.26 Å². The van der Waals surface area contributed by atoms with Gasteiger partial charge < -0.3 is 21.7 Å². The van der Waals surface area contributed by atoms with Crippen molar-refractivity contribution >= 4 is 28.7 Å². The number of methoxy groups -OCH3 is 1. The quantitative estimate of drug-likeness (QED) is 0.274. The van der Waals surface area contributed by atoms with E-state index in [1.54, 1.807) is 7.11 Å². The lowest BCUT2D eigenvalue weighted by molar-refractivity contribution is -0.00000773. The van der Waals surface area contributed by atoms with Crippen LogP contribution in [0.3, 0.4) is 0 Å². The van der Waals surface area contributed by atoms with E-state index in [2.05, 4.69) is 143 Å². The third kappa shape index (κ3) is 7.22. The average Bonchev–Trinajstić information content (AvgIpc) is 2.95. The van der Waals surface area contributed by atoms with Crippen molar-refractivity contribution in [2.45, 2.75) is 40.5 Å². The number of hydrogen-bond donors (Lipinski definition) is 0. The molecule has 0 saturated carbocycles. The van der Waals surface area contributed by atoms with E-state index in [0.717, 1.165) is 11.9 Å². The van der Waals surface area contributed by atoms with Crippen molar-refractivity contribution in [3.8, 4) is 5.75 Å². The zero-order valence-electron chi connectivity index (χ0n) is 23.0. The summed E-state index contributed by atoms with van der Waals surface area (Å²) in [6.07, 6.45) is 3.25. The Bertz CT molecular complexity index is 1140. The van der Waals surface area contributed by atoms with E-state index < -0.39 is 7.26 Å². The van der Waals surface area contributed by atoms with Gasteiger partial charge in [0.05, 0.1) is 13.3 Å². The molecule has 0 spiro atoms. The van der Waals surface area contributed by atoms with Gasteiger partial charge in [-0.2, -0.15) is 0 Å². The summed E-state index contributed by atoms with van der Waals surface area (Å²) >= 11 is 0. The summed E-state index contributed by atoms with van der Waals surface area (Å²) in [5, 5.41) is 4.39. The van der Waals surface area contributed by atoms with Crippen LogP contribution in [0.2, 0.25) is 0 Å². The summed E-state index contributed by atoms with van der Waals surface area (Å²) in [6.45, 7) is 10.9. The van der Waals surface area contributed by atoms with Crippen molar-refractivity contribution in [1.29, 1.82) is 0 Å². The number of rotatable bonds is 7. The molecule has 4 rings (SSSR count). The van der Waals surface area contributed by atoms with Gasteiger partial charge in [-0.1, -0.05) is 86.7 Å². The maximum Gasteiger partial charge on any atom is 0.126 e. The fourth-order valence-electron chi connectivity index (χ4n) is 4.59. The lowest BCUT2D eigenvalue weighted by Crippen LogP contribution is -3.00. The van der Waals surface area contributed by atoms with Gasteiger partial charge in [-0.3, -0.25) is 0 Å². The minimum atomic E-state index is -1.53. The zero-order chi connectivity index (χ0) is 26.0. The highest BCUT2D eigenvalue weighted by molar-refractivity contribution is 7.95. The Morgan fingerprint density at radius 3 is 1.51 bits per heavy atom. The van der Waals surface area contributed by atoms with Gasteiger partial charge in [0.1, 0.15) is 28.9 Å². The highest BCUT2D eigenvalue weighted by atomic mass is 79.9. The molecule has 0 amide bonds. The normalized spacial score (nSPS) is 11.3. The zero-order valence-corrected chi connectivity index (χ0v) is 25.5. The van der Waals surface area contributed by atoms with Crippen molar-refractivity contribution in [3.05, 3.63) is 126 Å². The Morgan fingerprint density at radius 2 is 1.19 bits per heavy atom. The van der Waals surface area contributed by atoms with Gasteiger partial charge in [-0.05, 0) is 80.3 Å². The average molecular weight is 576 g/mol. The van der Waals surface area contributed by atoms with Crippen LogP contribution < -0.4 is 37.6 Å². The van der Waals surface area contributed by atoms with Crippen LogP contribution in [-0.4, -0.2) is 13.3 Å². The summed E-state index contributed by atoms with van der Waals surface area (Å²) < 4.78 is 5.42. The molecule has 0 heterocycles. The van der Waals surface area contributed by atoms with Crippen LogP contribution in [-0.2, 0) is 0 Å². The first-order chi connectivity index (χ1) is 17.5. The minimum Gasteiger partial charge on any atom is -1.00 e. The molecule has 0 unspecified atom stereocenters. The lowest BCUT2D eigenvalue weighted by Gasteiger charge is -2.26. The van der Waals surface area contributed by atoms with Crippen molar-refractivity contribution < 1.29 is 21.7 Å². The highest BCUT2D eigenvalue weighted by Crippen LogP contribution is 2.54. The molecule has 3 heteroatoms. The third-order valence-electron chi connectivity index (χ3n) is 6.82. The largest absolute Gasteiger partial charge is 1.00 e. The van der Waals surface area contributed by atoms with Gasteiger partial charge in [0.2, 0.25) is 0 Å². The molecule has 0 aromatic heterocycles. The molecular formula is C34H40BrOP. The van der Waals surface area contributed by atoms with Crippen molar-refractivity contribution in [3.63, 3.8) is 0 Å². The SMILES string of the molecule is CC=C(C)c1ccc(C(C)C)cc1OC.CC[P+](c1ccccc1)(c1ccccc1)c1ccccc1.[Br-]. The topological polar surface area (TPSA) is 9.23 Å². The molecule has 0 aliphatic carbocycles. The Morgan fingerprint density at radius 1 is 0.757 bits per heavy atom. The monoisotopic (exact) mass is 574 g/mol. The number of halogens is 1. The first-order valence-electron chi connectivity index (χ1n) is 12.8. The van der Waals surface area contributed by atoms with Gasteiger partial charge in [-0.25, -0.2) is 0 Å². The Balaban J connectivity index is 0.000000268. The molecule has 0 atom stereocenters. The van der Waals surface area contributed by atoms with E-state index in [-0.39, 0.29) is 17.0 Å². The molecule has 0 radical (unpaired) electrons. The molecule has 37 heavy (non-hydrogen) atoms. The second kappa shape index (κ2) is 14.9. The van der Waals surface area contributed by atoms with E-state index in [4.69, 9.17) is 4.74 Å². The second-order valence-corrected chi connectivity index (χ2v) is 13.0. The second-order valence-electron chi connectivity index (χ2n) is 9.22. The van der Waals surface area contributed by atoms with Crippen molar-refractivity contribution in [2.75, 3.05) is 13.3 Å². The summed E-state index contributed by atoms with van der Waals surface area (Å²) in [4.78, 5) is 0. The van der Waals surface area contributed by atoms with Crippen molar-refractivity contribution in [2.24, 2.45) is 0 Å². The first kappa shape index (κ1) is 30.6. The predicted octanol–water partition coefficient (Wildman–Crippen LogP) is 5.25. The van der Waals surface area contributed by atoms with E-state index >= 15 is 0 Å². The maximum atomic E-state index is 5.42. The lowest BCUT2D eigenvalue weighted by atomic mass is 9.98. The molecule has 0 bridgehead atoms. The fraction of sp³-hybridized carbons (Fsp3) is 0.235. The molecule has 0 aliphatic rings. The van der Waals surface area contributed by atoms with Crippen LogP contribution in [0.5, 0.6) is 5.75 Å². The molecule has 0 fully saturated rings.